The van der Waals surface area contributed by atoms with Gasteiger partial charge in [0, 0.05) is 13.0 Å². The molecule has 0 atom stereocenters. The maximum Gasteiger partial charge on any atom is 0.416 e. The molecule has 0 spiro atoms. The summed E-state index contributed by atoms with van der Waals surface area (Å²) in [5, 5.41) is 13.8. The quantitative estimate of drug-likeness (QED) is 0.693. The van der Waals surface area contributed by atoms with Gasteiger partial charge in [-0.25, -0.2) is 4.79 Å². The lowest BCUT2D eigenvalue weighted by Crippen LogP contribution is -2.54. The van der Waals surface area contributed by atoms with Crippen molar-refractivity contribution in [3.05, 3.63) is 35.4 Å². The van der Waals surface area contributed by atoms with Gasteiger partial charge in [0.25, 0.3) is 0 Å². The SMILES string of the molecule is O=C(O)CCCNC(=O)NC1(c2cccc(C(F)(F)F)c2)CCC1. The fraction of sp³-hybridized carbons (Fsp3) is 0.500. The van der Waals surface area contributed by atoms with Crippen molar-refractivity contribution in [2.75, 3.05) is 6.54 Å². The van der Waals surface area contributed by atoms with Gasteiger partial charge in [0.05, 0.1) is 11.1 Å². The minimum Gasteiger partial charge on any atom is -0.481 e. The number of carboxylic acid groups (broad SMARTS) is 1. The van der Waals surface area contributed by atoms with Crippen LogP contribution >= 0.6 is 0 Å². The van der Waals surface area contributed by atoms with E-state index in [1.165, 1.54) is 6.07 Å². The van der Waals surface area contributed by atoms with E-state index in [0.717, 1.165) is 18.6 Å². The van der Waals surface area contributed by atoms with Gasteiger partial charge in [-0.2, -0.15) is 13.2 Å². The van der Waals surface area contributed by atoms with Crippen LogP contribution in [-0.4, -0.2) is 23.7 Å². The first-order chi connectivity index (χ1) is 11.2. The largest absolute Gasteiger partial charge is 0.481 e. The first-order valence-corrected chi connectivity index (χ1v) is 7.68. The molecular weight excluding hydrogens is 325 g/mol. The lowest BCUT2D eigenvalue weighted by Gasteiger charge is -2.43. The summed E-state index contributed by atoms with van der Waals surface area (Å²) in [6.45, 7) is 0.191. The zero-order valence-corrected chi connectivity index (χ0v) is 12.9. The molecule has 132 valence electrons. The molecule has 1 aliphatic carbocycles. The highest BCUT2D eigenvalue weighted by molar-refractivity contribution is 5.75. The van der Waals surface area contributed by atoms with Crippen molar-refractivity contribution in [3.63, 3.8) is 0 Å². The molecule has 0 unspecified atom stereocenters. The molecule has 1 aromatic carbocycles. The molecule has 2 rings (SSSR count). The average Bonchev–Trinajstić information content (AvgIpc) is 2.46. The molecule has 1 saturated carbocycles. The fourth-order valence-corrected chi connectivity index (χ4v) is 2.71. The maximum atomic E-state index is 12.9. The normalized spacial score (nSPS) is 16.1. The van der Waals surface area contributed by atoms with Crippen LogP contribution in [0.15, 0.2) is 24.3 Å². The van der Waals surface area contributed by atoms with Gasteiger partial charge in [-0.1, -0.05) is 12.1 Å². The summed E-state index contributed by atoms with van der Waals surface area (Å²) in [6, 6.07) is 4.49. The van der Waals surface area contributed by atoms with Crippen LogP contribution in [0.5, 0.6) is 0 Å². The van der Waals surface area contributed by atoms with Crippen LogP contribution in [0.4, 0.5) is 18.0 Å². The van der Waals surface area contributed by atoms with E-state index in [1.54, 1.807) is 6.07 Å². The number of nitrogens with one attached hydrogen (secondary N) is 2. The molecule has 24 heavy (non-hydrogen) atoms. The Bertz CT molecular complexity index is 613. The number of amides is 2. The van der Waals surface area contributed by atoms with Crippen LogP contribution in [0.2, 0.25) is 0 Å². The number of alkyl halides is 3. The molecule has 0 bridgehead atoms. The van der Waals surface area contributed by atoms with E-state index in [4.69, 9.17) is 5.11 Å². The number of halogens is 3. The van der Waals surface area contributed by atoms with Gasteiger partial charge in [0.1, 0.15) is 0 Å². The van der Waals surface area contributed by atoms with Crippen molar-refractivity contribution in [2.45, 2.75) is 43.8 Å². The van der Waals surface area contributed by atoms with Gasteiger partial charge in [0.15, 0.2) is 0 Å². The molecule has 0 aliphatic heterocycles. The Morgan fingerprint density at radius 3 is 2.50 bits per heavy atom. The van der Waals surface area contributed by atoms with E-state index in [0.29, 0.717) is 24.8 Å². The minimum atomic E-state index is -4.43. The Labute approximate surface area is 137 Å². The van der Waals surface area contributed by atoms with Crippen molar-refractivity contribution >= 4 is 12.0 Å². The van der Waals surface area contributed by atoms with E-state index < -0.39 is 29.3 Å². The second kappa shape index (κ2) is 7.11. The second-order valence-electron chi connectivity index (χ2n) is 5.89. The minimum absolute atomic E-state index is 0.0565. The molecule has 0 radical (unpaired) electrons. The summed E-state index contributed by atoms with van der Waals surface area (Å²) in [5.74, 6) is -0.948. The van der Waals surface area contributed by atoms with E-state index >= 15 is 0 Å². The Balaban J connectivity index is 2.01. The first kappa shape index (κ1) is 18.1. The Morgan fingerprint density at radius 2 is 1.96 bits per heavy atom. The summed E-state index contributed by atoms with van der Waals surface area (Å²) < 4.78 is 38.6. The highest BCUT2D eigenvalue weighted by Crippen LogP contribution is 2.42. The average molecular weight is 344 g/mol. The number of carbonyl (C=O) groups excluding carboxylic acids is 1. The Morgan fingerprint density at radius 1 is 1.25 bits per heavy atom. The van der Waals surface area contributed by atoms with E-state index in [-0.39, 0.29) is 13.0 Å². The van der Waals surface area contributed by atoms with Gasteiger partial charge in [-0.05, 0) is 43.4 Å². The molecule has 1 aliphatic rings. The topological polar surface area (TPSA) is 78.4 Å². The van der Waals surface area contributed by atoms with Crippen molar-refractivity contribution < 1.29 is 27.9 Å². The molecule has 3 N–H and O–H groups in total. The van der Waals surface area contributed by atoms with Gasteiger partial charge in [-0.3, -0.25) is 4.79 Å². The van der Waals surface area contributed by atoms with Crippen LogP contribution in [0.1, 0.15) is 43.2 Å². The van der Waals surface area contributed by atoms with Crippen molar-refractivity contribution in [2.24, 2.45) is 0 Å². The molecule has 0 aromatic heterocycles. The third kappa shape index (κ3) is 4.39. The number of hydrogen-bond donors (Lipinski definition) is 3. The van der Waals surface area contributed by atoms with E-state index in [1.807, 2.05) is 0 Å². The van der Waals surface area contributed by atoms with Gasteiger partial charge in [0.2, 0.25) is 0 Å². The molecular formula is C16H19F3N2O3. The summed E-state index contributed by atoms with van der Waals surface area (Å²) in [4.78, 5) is 22.4. The fourth-order valence-electron chi connectivity index (χ4n) is 2.71. The van der Waals surface area contributed by atoms with Crippen LogP contribution in [0, 0.1) is 0 Å². The van der Waals surface area contributed by atoms with E-state index in [2.05, 4.69) is 10.6 Å². The monoisotopic (exact) mass is 344 g/mol. The van der Waals surface area contributed by atoms with Crippen LogP contribution in [0.3, 0.4) is 0 Å². The van der Waals surface area contributed by atoms with Gasteiger partial charge < -0.3 is 15.7 Å². The van der Waals surface area contributed by atoms with Crippen molar-refractivity contribution in [3.8, 4) is 0 Å². The number of benzene rings is 1. The zero-order chi connectivity index (χ0) is 17.8. The molecule has 5 nitrogen and oxygen atoms in total. The predicted molar refractivity (Wildman–Crippen MR) is 80.4 cm³/mol. The number of carbonyl (C=O) groups is 2. The molecule has 2 amide bonds. The molecule has 1 fully saturated rings. The summed E-state index contributed by atoms with van der Waals surface area (Å²) in [5.41, 5.74) is -1.10. The Kier molecular flexibility index (Phi) is 5.36. The molecule has 1 aromatic rings. The van der Waals surface area contributed by atoms with E-state index in [9.17, 15) is 22.8 Å². The Hall–Kier alpha value is -2.25. The smallest absolute Gasteiger partial charge is 0.416 e. The third-order valence-electron chi connectivity index (χ3n) is 4.16. The lowest BCUT2D eigenvalue weighted by molar-refractivity contribution is -0.138. The molecule has 0 saturated heterocycles. The highest BCUT2D eigenvalue weighted by atomic mass is 19.4. The lowest BCUT2D eigenvalue weighted by atomic mass is 9.71. The van der Waals surface area contributed by atoms with Crippen molar-refractivity contribution in [1.82, 2.24) is 10.6 Å². The van der Waals surface area contributed by atoms with Crippen molar-refractivity contribution in [1.29, 1.82) is 0 Å². The molecule has 8 heteroatoms. The summed E-state index contributed by atoms with van der Waals surface area (Å²) >= 11 is 0. The van der Waals surface area contributed by atoms with Crippen LogP contribution < -0.4 is 10.6 Å². The maximum absolute atomic E-state index is 12.9. The number of hydrogen-bond acceptors (Lipinski definition) is 2. The number of carboxylic acids is 1. The highest BCUT2D eigenvalue weighted by Gasteiger charge is 2.41. The number of rotatable bonds is 6. The van der Waals surface area contributed by atoms with Crippen LogP contribution in [-0.2, 0) is 16.5 Å². The molecule has 0 heterocycles. The zero-order valence-electron chi connectivity index (χ0n) is 12.9. The first-order valence-electron chi connectivity index (χ1n) is 7.68. The number of aliphatic carboxylic acids is 1. The summed E-state index contributed by atoms with van der Waals surface area (Å²) in [6.07, 6.45) is -2.25. The predicted octanol–water partition coefficient (Wildman–Crippen LogP) is 3.25. The van der Waals surface area contributed by atoms with Gasteiger partial charge in [-0.15, -0.1) is 0 Å². The summed E-state index contributed by atoms with van der Waals surface area (Å²) in [7, 11) is 0. The van der Waals surface area contributed by atoms with Gasteiger partial charge >= 0.3 is 18.2 Å². The number of urea groups is 1. The second-order valence-corrected chi connectivity index (χ2v) is 5.89. The van der Waals surface area contributed by atoms with Crippen LogP contribution in [0.25, 0.3) is 0 Å². The standard InChI is InChI=1S/C16H19F3N2O3/c17-16(18,19)12-5-1-4-11(10-12)15(7-3-8-15)21-14(24)20-9-2-6-13(22)23/h1,4-5,10H,2-3,6-9H2,(H,22,23)(H2,20,21,24). The third-order valence-corrected chi connectivity index (χ3v) is 4.16.